The highest BCUT2D eigenvalue weighted by Crippen LogP contribution is 2.24. The molecule has 1 aliphatic rings. The first kappa shape index (κ1) is 21.4. The van der Waals surface area contributed by atoms with Crippen molar-refractivity contribution in [2.45, 2.75) is 56.0 Å². The number of nitrogens with one attached hydrogen (secondary N) is 2. The average Bonchev–Trinajstić information content (AvgIpc) is 3.16. The summed E-state index contributed by atoms with van der Waals surface area (Å²) >= 11 is 0. The lowest BCUT2D eigenvalue weighted by Crippen LogP contribution is -2.41. The highest BCUT2D eigenvalue weighted by atomic mass is 32.2. The van der Waals surface area contributed by atoms with Crippen LogP contribution < -0.4 is 10.0 Å². The van der Waals surface area contributed by atoms with Gasteiger partial charge in [-0.15, -0.1) is 0 Å². The Labute approximate surface area is 169 Å². The highest BCUT2D eigenvalue weighted by Gasteiger charge is 2.26. The Balaban J connectivity index is 1.78. The van der Waals surface area contributed by atoms with E-state index in [2.05, 4.69) is 10.0 Å². The molecule has 2 aromatic rings. The second kappa shape index (κ2) is 8.20. The third-order valence-corrected chi connectivity index (χ3v) is 6.67. The lowest BCUT2D eigenvalue weighted by atomic mass is 9.93. The van der Waals surface area contributed by atoms with E-state index in [1.165, 1.54) is 30.3 Å². The Morgan fingerprint density at radius 2 is 1.72 bits per heavy atom. The summed E-state index contributed by atoms with van der Waals surface area (Å²) in [6, 6.07) is 9.11. The van der Waals surface area contributed by atoms with Gasteiger partial charge in [-0.2, -0.15) is 0 Å². The zero-order valence-electron chi connectivity index (χ0n) is 16.3. The van der Waals surface area contributed by atoms with Crippen molar-refractivity contribution in [3.05, 3.63) is 65.2 Å². The van der Waals surface area contributed by atoms with Crippen molar-refractivity contribution in [1.29, 1.82) is 0 Å². The van der Waals surface area contributed by atoms with E-state index in [1.807, 2.05) is 0 Å². The second-order valence-corrected chi connectivity index (χ2v) is 9.55. The molecule has 0 spiro atoms. The van der Waals surface area contributed by atoms with E-state index in [0.29, 0.717) is 5.56 Å². The lowest BCUT2D eigenvalue weighted by Gasteiger charge is -2.27. The fraction of sp³-hybridized carbons (Fsp3) is 0.381. The van der Waals surface area contributed by atoms with Crippen LogP contribution in [0.1, 0.15) is 55.5 Å². The SMILES string of the molecule is CC(C)(NC(=O)c1cccc(S(=O)(=O)NC2CCCC2)c1)c1ccc(F)c(F)c1. The molecule has 8 heteroatoms. The summed E-state index contributed by atoms with van der Waals surface area (Å²) in [5.74, 6) is -2.49. The van der Waals surface area contributed by atoms with Crippen molar-refractivity contribution in [3.63, 3.8) is 0 Å². The van der Waals surface area contributed by atoms with Crippen molar-refractivity contribution in [1.82, 2.24) is 10.0 Å². The minimum atomic E-state index is -3.73. The topological polar surface area (TPSA) is 75.3 Å². The van der Waals surface area contributed by atoms with Crippen molar-refractivity contribution in [2.75, 3.05) is 0 Å². The molecular weight excluding hydrogens is 398 g/mol. The first-order valence-electron chi connectivity index (χ1n) is 9.49. The largest absolute Gasteiger partial charge is 0.343 e. The number of carbonyl (C=O) groups excluding carboxylic acids is 1. The molecule has 3 rings (SSSR count). The van der Waals surface area contributed by atoms with Crippen LogP contribution in [0, 0.1) is 11.6 Å². The smallest absolute Gasteiger partial charge is 0.251 e. The molecule has 0 bridgehead atoms. The number of halogens is 2. The zero-order chi connectivity index (χ0) is 21.2. The predicted molar refractivity (Wildman–Crippen MR) is 106 cm³/mol. The Morgan fingerprint density at radius 1 is 1.03 bits per heavy atom. The number of hydrogen-bond acceptors (Lipinski definition) is 3. The molecule has 29 heavy (non-hydrogen) atoms. The van der Waals surface area contributed by atoms with Gasteiger partial charge in [0.1, 0.15) is 0 Å². The fourth-order valence-corrected chi connectivity index (χ4v) is 4.80. The maximum Gasteiger partial charge on any atom is 0.251 e. The zero-order valence-corrected chi connectivity index (χ0v) is 17.2. The first-order valence-corrected chi connectivity index (χ1v) is 11.0. The Morgan fingerprint density at radius 3 is 2.38 bits per heavy atom. The maximum atomic E-state index is 13.6. The van der Waals surface area contributed by atoms with Gasteiger partial charge in [-0.1, -0.05) is 25.0 Å². The van der Waals surface area contributed by atoms with E-state index < -0.39 is 33.1 Å². The number of amides is 1. The molecule has 5 nitrogen and oxygen atoms in total. The molecule has 0 aromatic heterocycles. The summed E-state index contributed by atoms with van der Waals surface area (Å²) in [5, 5.41) is 2.74. The van der Waals surface area contributed by atoms with Crippen LogP contribution in [-0.2, 0) is 15.6 Å². The third-order valence-electron chi connectivity index (χ3n) is 5.15. The van der Waals surface area contributed by atoms with Gasteiger partial charge in [0.15, 0.2) is 11.6 Å². The molecule has 0 unspecified atom stereocenters. The fourth-order valence-electron chi connectivity index (χ4n) is 3.45. The van der Waals surface area contributed by atoms with Gasteiger partial charge in [0, 0.05) is 11.6 Å². The monoisotopic (exact) mass is 422 g/mol. The van der Waals surface area contributed by atoms with Crippen LogP contribution in [0.5, 0.6) is 0 Å². The van der Waals surface area contributed by atoms with Crippen molar-refractivity contribution >= 4 is 15.9 Å². The molecule has 1 saturated carbocycles. The molecule has 156 valence electrons. The quantitative estimate of drug-likeness (QED) is 0.743. The predicted octanol–water partition coefficient (Wildman–Crippen LogP) is 3.85. The van der Waals surface area contributed by atoms with Gasteiger partial charge in [-0.3, -0.25) is 4.79 Å². The average molecular weight is 422 g/mol. The summed E-state index contributed by atoms with van der Waals surface area (Å²) in [6.07, 6.45) is 3.60. The number of carbonyl (C=O) groups is 1. The van der Waals surface area contributed by atoms with Crippen LogP contribution in [0.3, 0.4) is 0 Å². The van der Waals surface area contributed by atoms with E-state index in [0.717, 1.165) is 37.8 Å². The van der Waals surface area contributed by atoms with Crippen molar-refractivity contribution in [3.8, 4) is 0 Å². The number of sulfonamides is 1. The number of rotatable bonds is 6. The summed E-state index contributed by atoms with van der Waals surface area (Å²) in [5.41, 5.74) is -0.450. The van der Waals surface area contributed by atoms with Gasteiger partial charge in [0.05, 0.1) is 10.4 Å². The standard InChI is InChI=1S/C21H24F2N2O3S/c1-21(2,15-10-11-18(22)19(23)13-15)24-20(26)14-6-5-9-17(12-14)29(27,28)25-16-7-3-4-8-16/h5-6,9-13,16,25H,3-4,7-8H2,1-2H3,(H,24,26). The van der Waals surface area contributed by atoms with Crippen LogP contribution in [0.25, 0.3) is 0 Å². The van der Waals surface area contributed by atoms with Gasteiger partial charge in [-0.05, 0) is 62.6 Å². The molecule has 0 aliphatic heterocycles. The normalized spacial score (nSPS) is 15.4. The molecule has 1 aliphatic carbocycles. The molecule has 0 saturated heterocycles. The second-order valence-electron chi connectivity index (χ2n) is 7.84. The van der Waals surface area contributed by atoms with Crippen molar-refractivity contribution < 1.29 is 22.0 Å². The van der Waals surface area contributed by atoms with Crippen LogP contribution in [0.2, 0.25) is 0 Å². The Bertz CT molecular complexity index is 1020. The number of hydrogen-bond donors (Lipinski definition) is 2. The highest BCUT2D eigenvalue weighted by molar-refractivity contribution is 7.89. The summed E-state index contributed by atoms with van der Waals surface area (Å²) < 4.78 is 54.7. The number of benzene rings is 2. The minimum absolute atomic E-state index is 0.0164. The summed E-state index contributed by atoms with van der Waals surface area (Å²) in [4.78, 5) is 12.7. The summed E-state index contributed by atoms with van der Waals surface area (Å²) in [6.45, 7) is 3.31. The van der Waals surface area contributed by atoms with E-state index in [1.54, 1.807) is 13.8 Å². The molecular formula is C21H24F2N2O3S. The van der Waals surface area contributed by atoms with Crippen LogP contribution in [-0.4, -0.2) is 20.4 Å². The molecule has 1 fully saturated rings. The van der Waals surface area contributed by atoms with Crippen LogP contribution in [0.15, 0.2) is 47.4 Å². The van der Waals surface area contributed by atoms with Gasteiger partial charge in [0.2, 0.25) is 10.0 Å². The molecule has 0 heterocycles. The van der Waals surface area contributed by atoms with Gasteiger partial charge in [0.25, 0.3) is 5.91 Å². The van der Waals surface area contributed by atoms with E-state index >= 15 is 0 Å². The lowest BCUT2D eigenvalue weighted by molar-refractivity contribution is 0.0911. The molecule has 2 N–H and O–H groups in total. The summed E-state index contributed by atoms with van der Waals surface area (Å²) in [7, 11) is -3.73. The van der Waals surface area contributed by atoms with E-state index in [9.17, 15) is 22.0 Å². The molecule has 0 radical (unpaired) electrons. The first-order chi connectivity index (χ1) is 13.6. The van der Waals surface area contributed by atoms with Crippen LogP contribution >= 0.6 is 0 Å². The van der Waals surface area contributed by atoms with Gasteiger partial charge < -0.3 is 5.32 Å². The Kier molecular flexibility index (Phi) is 6.05. The van der Waals surface area contributed by atoms with Crippen molar-refractivity contribution in [2.24, 2.45) is 0 Å². The third kappa shape index (κ3) is 5.00. The van der Waals surface area contributed by atoms with E-state index in [4.69, 9.17) is 0 Å². The van der Waals surface area contributed by atoms with Crippen LogP contribution in [0.4, 0.5) is 8.78 Å². The van der Waals surface area contributed by atoms with Gasteiger partial charge >= 0.3 is 0 Å². The maximum absolute atomic E-state index is 13.6. The van der Waals surface area contributed by atoms with E-state index in [-0.39, 0.29) is 16.5 Å². The molecule has 2 aromatic carbocycles. The molecule has 0 atom stereocenters. The minimum Gasteiger partial charge on any atom is -0.343 e. The molecule has 1 amide bonds. The van der Waals surface area contributed by atoms with Gasteiger partial charge in [-0.25, -0.2) is 21.9 Å². The Hall–Kier alpha value is -2.32.